The van der Waals surface area contributed by atoms with E-state index in [0.29, 0.717) is 12.8 Å². The standard InChI is InChI=1S/C18H21N3O5S/c1-2-11-20-27(24,25)15-7-5-14(6-8-15)17(23)26-12-16(22)21-18(13-19)9-3-4-10-18/h2,5-8,20H,1,3-4,9-12H2,(H,21,22). The first-order chi connectivity index (χ1) is 12.8. The number of amides is 1. The summed E-state index contributed by atoms with van der Waals surface area (Å²) in [4.78, 5) is 24.0. The van der Waals surface area contributed by atoms with Gasteiger partial charge in [-0.3, -0.25) is 4.79 Å². The minimum Gasteiger partial charge on any atom is -0.452 e. The fourth-order valence-electron chi connectivity index (χ4n) is 2.78. The summed E-state index contributed by atoms with van der Waals surface area (Å²) < 4.78 is 31.2. The molecule has 0 aliphatic heterocycles. The first-order valence-electron chi connectivity index (χ1n) is 8.42. The summed E-state index contributed by atoms with van der Waals surface area (Å²) in [6.07, 6.45) is 4.31. The van der Waals surface area contributed by atoms with Gasteiger partial charge in [-0.25, -0.2) is 17.9 Å². The van der Waals surface area contributed by atoms with Crippen molar-refractivity contribution < 1.29 is 22.7 Å². The van der Waals surface area contributed by atoms with Gasteiger partial charge < -0.3 is 10.1 Å². The molecule has 2 rings (SSSR count). The van der Waals surface area contributed by atoms with Gasteiger partial charge in [0.2, 0.25) is 10.0 Å². The molecule has 1 aromatic carbocycles. The zero-order valence-electron chi connectivity index (χ0n) is 14.7. The average molecular weight is 391 g/mol. The lowest BCUT2D eigenvalue weighted by Crippen LogP contribution is -2.46. The monoisotopic (exact) mass is 391 g/mol. The van der Waals surface area contributed by atoms with Crippen LogP contribution in [0.5, 0.6) is 0 Å². The highest BCUT2D eigenvalue weighted by Gasteiger charge is 2.35. The molecule has 1 aliphatic rings. The van der Waals surface area contributed by atoms with Crippen molar-refractivity contribution in [1.29, 1.82) is 5.26 Å². The van der Waals surface area contributed by atoms with Crippen LogP contribution in [0.15, 0.2) is 41.8 Å². The molecule has 144 valence electrons. The highest BCUT2D eigenvalue weighted by atomic mass is 32.2. The maximum atomic E-state index is 12.0. The summed E-state index contributed by atoms with van der Waals surface area (Å²) in [7, 11) is -3.68. The van der Waals surface area contributed by atoms with Crippen molar-refractivity contribution in [3.63, 3.8) is 0 Å². The van der Waals surface area contributed by atoms with Gasteiger partial charge in [0.1, 0.15) is 5.54 Å². The second kappa shape index (κ2) is 8.79. The van der Waals surface area contributed by atoms with Crippen molar-refractivity contribution in [2.24, 2.45) is 0 Å². The third-order valence-corrected chi connectivity index (χ3v) is 5.64. The van der Waals surface area contributed by atoms with E-state index in [4.69, 9.17) is 4.74 Å². The molecule has 0 atom stereocenters. The Kier molecular flexibility index (Phi) is 6.71. The van der Waals surface area contributed by atoms with Crippen molar-refractivity contribution >= 4 is 21.9 Å². The zero-order valence-corrected chi connectivity index (χ0v) is 15.5. The molecule has 0 spiro atoms. The molecule has 1 aromatic rings. The van der Waals surface area contributed by atoms with Crippen LogP contribution in [-0.4, -0.2) is 39.0 Å². The van der Waals surface area contributed by atoms with Crippen molar-refractivity contribution in [3.8, 4) is 6.07 Å². The van der Waals surface area contributed by atoms with Crippen LogP contribution in [0.25, 0.3) is 0 Å². The van der Waals surface area contributed by atoms with E-state index in [0.717, 1.165) is 12.8 Å². The molecule has 27 heavy (non-hydrogen) atoms. The molecule has 1 aliphatic carbocycles. The molecule has 1 saturated carbocycles. The predicted octanol–water partition coefficient (Wildman–Crippen LogP) is 1.26. The van der Waals surface area contributed by atoms with Gasteiger partial charge in [-0.2, -0.15) is 5.26 Å². The van der Waals surface area contributed by atoms with Gasteiger partial charge in [-0.15, -0.1) is 6.58 Å². The van der Waals surface area contributed by atoms with E-state index in [-0.39, 0.29) is 17.0 Å². The van der Waals surface area contributed by atoms with Crippen LogP contribution in [0, 0.1) is 11.3 Å². The van der Waals surface area contributed by atoms with Crippen LogP contribution in [0.4, 0.5) is 0 Å². The van der Waals surface area contributed by atoms with Gasteiger partial charge in [0.25, 0.3) is 5.91 Å². The van der Waals surface area contributed by atoms with Gasteiger partial charge >= 0.3 is 5.97 Å². The second-order valence-electron chi connectivity index (χ2n) is 6.19. The molecule has 2 N–H and O–H groups in total. The normalized spacial score (nSPS) is 15.5. The molecule has 0 aromatic heterocycles. The van der Waals surface area contributed by atoms with Crippen LogP contribution in [0.3, 0.4) is 0 Å². The van der Waals surface area contributed by atoms with Gasteiger partial charge in [-0.05, 0) is 49.9 Å². The number of nitrogens with zero attached hydrogens (tertiary/aromatic N) is 1. The number of hydrogen-bond acceptors (Lipinski definition) is 6. The minimum absolute atomic E-state index is 0.00385. The minimum atomic E-state index is -3.68. The van der Waals surface area contributed by atoms with E-state index in [1.807, 2.05) is 0 Å². The van der Waals surface area contributed by atoms with Crippen molar-refractivity contribution in [2.75, 3.05) is 13.2 Å². The molecule has 0 radical (unpaired) electrons. The van der Waals surface area contributed by atoms with Crippen LogP contribution in [0.2, 0.25) is 0 Å². The SMILES string of the molecule is C=CCNS(=O)(=O)c1ccc(C(=O)OCC(=O)NC2(C#N)CCCC2)cc1. The molecule has 1 fully saturated rings. The second-order valence-corrected chi connectivity index (χ2v) is 7.96. The maximum Gasteiger partial charge on any atom is 0.338 e. The Bertz CT molecular complexity index is 850. The number of rotatable bonds is 8. The lowest BCUT2D eigenvalue weighted by molar-refractivity contribution is -0.125. The topological polar surface area (TPSA) is 125 Å². The average Bonchev–Trinajstić information content (AvgIpc) is 3.13. The fourth-order valence-corrected chi connectivity index (χ4v) is 3.78. The number of ether oxygens (including phenoxy) is 1. The Morgan fingerprint density at radius 1 is 1.26 bits per heavy atom. The van der Waals surface area contributed by atoms with E-state index in [1.54, 1.807) is 0 Å². The number of sulfonamides is 1. The Balaban J connectivity index is 1.91. The highest BCUT2D eigenvalue weighted by Crippen LogP contribution is 2.28. The summed E-state index contributed by atoms with van der Waals surface area (Å²) in [5.74, 6) is -1.30. The number of nitriles is 1. The number of carbonyl (C=O) groups excluding carboxylic acids is 2. The Labute approximate surface area is 158 Å². The Hall–Kier alpha value is -2.70. The maximum absolute atomic E-state index is 12.0. The Morgan fingerprint density at radius 2 is 1.89 bits per heavy atom. The zero-order chi connectivity index (χ0) is 19.9. The van der Waals surface area contributed by atoms with E-state index in [9.17, 15) is 23.3 Å². The molecule has 0 unspecified atom stereocenters. The molecule has 0 bridgehead atoms. The molecule has 0 saturated heterocycles. The van der Waals surface area contributed by atoms with Crippen LogP contribution in [0.1, 0.15) is 36.0 Å². The van der Waals surface area contributed by atoms with E-state index < -0.39 is 34.0 Å². The largest absolute Gasteiger partial charge is 0.452 e. The van der Waals surface area contributed by atoms with Gasteiger partial charge in [0, 0.05) is 6.54 Å². The molecular formula is C18H21N3O5S. The van der Waals surface area contributed by atoms with Crippen LogP contribution in [-0.2, 0) is 19.6 Å². The summed E-state index contributed by atoms with van der Waals surface area (Å²) in [5.41, 5.74) is -0.765. The molecule has 9 heteroatoms. The number of nitrogens with one attached hydrogen (secondary N) is 2. The molecule has 8 nitrogen and oxygen atoms in total. The molecular weight excluding hydrogens is 370 g/mol. The van der Waals surface area contributed by atoms with Crippen molar-refractivity contribution in [1.82, 2.24) is 10.0 Å². The molecule has 0 heterocycles. The summed E-state index contributed by atoms with van der Waals surface area (Å²) >= 11 is 0. The van der Waals surface area contributed by atoms with E-state index in [2.05, 4.69) is 22.7 Å². The van der Waals surface area contributed by atoms with Crippen molar-refractivity contribution in [2.45, 2.75) is 36.1 Å². The van der Waals surface area contributed by atoms with Crippen LogP contribution < -0.4 is 10.0 Å². The first kappa shape index (κ1) is 20.6. The number of esters is 1. The predicted molar refractivity (Wildman–Crippen MR) is 97.1 cm³/mol. The van der Waals surface area contributed by atoms with E-state index in [1.165, 1.54) is 30.3 Å². The summed E-state index contributed by atoms with van der Waals surface area (Å²) in [6.45, 7) is 3.01. The first-order valence-corrected chi connectivity index (χ1v) is 9.90. The van der Waals surface area contributed by atoms with Crippen molar-refractivity contribution in [3.05, 3.63) is 42.5 Å². The van der Waals surface area contributed by atoms with Gasteiger partial charge in [0.15, 0.2) is 6.61 Å². The lowest BCUT2D eigenvalue weighted by Gasteiger charge is -2.21. The summed E-state index contributed by atoms with van der Waals surface area (Å²) in [5, 5.41) is 11.9. The summed E-state index contributed by atoms with van der Waals surface area (Å²) in [6, 6.07) is 7.26. The number of hydrogen-bond donors (Lipinski definition) is 2. The van der Waals surface area contributed by atoms with Gasteiger partial charge in [0.05, 0.1) is 16.5 Å². The quantitative estimate of drug-likeness (QED) is 0.508. The molecule has 1 amide bonds. The Morgan fingerprint density at radius 3 is 2.44 bits per heavy atom. The highest BCUT2D eigenvalue weighted by molar-refractivity contribution is 7.89. The fraction of sp³-hybridized carbons (Fsp3) is 0.389. The smallest absolute Gasteiger partial charge is 0.338 e. The van der Waals surface area contributed by atoms with Crippen LogP contribution >= 0.6 is 0 Å². The number of carbonyl (C=O) groups is 2. The third-order valence-electron chi connectivity index (χ3n) is 4.20. The number of benzene rings is 1. The van der Waals surface area contributed by atoms with Gasteiger partial charge in [-0.1, -0.05) is 6.08 Å². The van der Waals surface area contributed by atoms with E-state index >= 15 is 0 Å². The lowest BCUT2D eigenvalue weighted by atomic mass is 10.00. The third kappa shape index (κ3) is 5.39.